The average molecular weight is 412 g/mol. The fourth-order valence-corrected chi connectivity index (χ4v) is 2.95. The Morgan fingerprint density at radius 1 is 1.03 bits per heavy atom. The van der Waals surface area contributed by atoms with Crippen LogP contribution in [0.4, 0.5) is 0 Å². The van der Waals surface area contributed by atoms with Crippen LogP contribution in [0.1, 0.15) is 31.4 Å². The first-order valence-corrected chi connectivity index (χ1v) is 9.80. The molecule has 0 spiro atoms. The molecule has 0 saturated carbocycles. The van der Waals surface area contributed by atoms with E-state index in [1.165, 1.54) is 12.1 Å². The molecule has 0 saturated heterocycles. The molecule has 0 bridgehead atoms. The number of para-hydroxylation sites is 2. The van der Waals surface area contributed by atoms with Crippen molar-refractivity contribution in [2.24, 2.45) is 0 Å². The molecule has 0 aliphatic rings. The number of rotatable bonds is 9. The van der Waals surface area contributed by atoms with Crippen LogP contribution in [0.15, 0.2) is 51.7 Å². The minimum absolute atomic E-state index is 0.0552. The van der Waals surface area contributed by atoms with E-state index in [1.807, 2.05) is 19.9 Å². The van der Waals surface area contributed by atoms with Gasteiger partial charge in [-0.25, -0.2) is 9.59 Å². The van der Waals surface area contributed by atoms with E-state index in [9.17, 15) is 14.7 Å². The van der Waals surface area contributed by atoms with E-state index in [1.54, 1.807) is 24.3 Å². The Morgan fingerprint density at radius 3 is 2.47 bits per heavy atom. The predicted octanol–water partition coefficient (Wildman–Crippen LogP) is 3.97. The normalized spacial score (nSPS) is 10.7. The van der Waals surface area contributed by atoms with E-state index in [0.717, 1.165) is 6.42 Å². The lowest BCUT2D eigenvalue weighted by atomic mass is 10.0. The van der Waals surface area contributed by atoms with Crippen LogP contribution in [0.5, 0.6) is 17.2 Å². The van der Waals surface area contributed by atoms with Crippen LogP contribution in [-0.2, 0) is 22.6 Å². The van der Waals surface area contributed by atoms with Gasteiger partial charge in [0.25, 0.3) is 0 Å². The Morgan fingerprint density at radius 2 is 1.77 bits per heavy atom. The first-order chi connectivity index (χ1) is 14.5. The lowest BCUT2D eigenvalue weighted by Gasteiger charge is -2.12. The Balaban J connectivity index is 1.68. The number of benzene rings is 2. The minimum atomic E-state index is -0.588. The molecule has 0 aliphatic carbocycles. The van der Waals surface area contributed by atoms with Gasteiger partial charge in [0.15, 0.2) is 18.1 Å². The first kappa shape index (κ1) is 21.2. The molecule has 0 atom stereocenters. The lowest BCUT2D eigenvalue weighted by Crippen LogP contribution is -2.16. The molecule has 1 heterocycles. The summed E-state index contributed by atoms with van der Waals surface area (Å²) in [5, 5.41) is 10.6. The van der Waals surface area contributed by atoms with E-state index in [4.69, 9.17) is 18.6 Å². The molecule has 158 valence electrons. The van der Waals surface area contributed by atoms with Crippen LogP contribution >= 0.6 is 0 Å². The summed E-state index contributed by atoms with van der Waals surface area (Å²) in [4.78, 5) is 24.0. The van der Waals surface area contributed by atoms with Crippen molar-refractivity contribution in [2.75, 3.05) is 13.2 Å². The fourth-order valence-electron chi connectivity index (χ4n) is 2.95. The zero-order valence-corrected chi connectivity index (χ0v) is 17.0. The van der Waals surface area contributed by atoms with Crippen LogP contribution in [0, 0.1) is 0 Å². The predicted molar refractivity (Wildman–Crippen MR) is 111 cm³/mol. The summed E-state index contributed by atoms with van der Waals surface area (Å²) in [6.07, 6.45) is 1.46. The van der Waals surface area contributed by atoms with E-state index in [2.05, 4.69) is 0 Å². The summed E-state index contributed by atoms with van der Waals surface area (Å²) in [5.74, 6) is 0.485. The van der Waals surface area contributed by atoms with Crippen molar-refractivity contribution >= 4 is 16.9 Å². The molecule has 0 aliphatic heterocycles. The van der Waals surface area contributed by atoms with Gasteiger partial charge in [0.1, 0.15) is 17.9 Å². The monoisotopic (exact) mass is 412 g/mol. The van der Waals surface area contributed by atoms with Crippen LogP contribution in [-0.4, -0.2) is 24.3 Å². The Kier molecular flexibility index (Phi) is 6.95. The second kappa shape index (κ2) is 9.82. The number of carbonyl (C=O) groups excluding carboxylic acids is 1. The third-order valence-corrected chi connectivity index (χ3v) is 4.46. The van der Waals surface area contributed by atoms with Crippen molar-refractivity contribution in [1.29, 1.82) is 0 Å². The van der Waals surface area contributed by atoms with Crippen LogP contribution in [0.25, 0.3) is 11.0 Å². The largest absolute Gasteiger partial charge is 0.508 e. The van der Waals surface area contributed by atoms with E-state index < -0.39 is 11.6 Å². The van der Waals surface area contributed by atoms with Gasteiger partial charge in [-0.15, -0.1) is 0 Å². The number of ether oxygens (including phenoxy) is 3. The number of phenolic OH excluding ortho intramolecular Hbond substituents is 1. The zero-order valence-electron chi connectivity index (χ0n) is 17.0. The third kappa shape index (κ3) is 5.11. The highest BCUT2D eigenvalue weighted by molar-refractivity contribution is 5.83. The molecule has 0 amide bonds. The molecule has 3 aromatic rings. The molecule has 0 fully saturated rings. The molecule has 2 aromatic carbocycles. The van der Waals surface area contributed by atoms with Crippen LogP contribution < -0.4 is 15.1 Å². The molecule has 7 heteroatoms. The number of hydrogen-bond acceptors (Lipinski definition) is 7. The topological polar surface area (TPSA) is 95.2 Å². The number of carbonyl (C=O) groups is 1. The third-order valence-electron chi connectivity index (χ3n) is 4.46. The molecule has 0 unspecified atom stereocenters. The SMILES string of the molecule is CCCOc1ccccc1OCC(=O)OCc1cc(=O)oc2cc(O)c(CC)cc12. The molecule has 3 rings (SSSR count). The van der Waals surface area contributed by atoms with Gasteiger partial charge in [-0.05, 0) is 36.6 Å². The van der Waals surface area contributed by atoms with Crippen molar-refractivity contribution in [2.45, 2.75) is 33.3 Å². The maximum Gasteiger partial charge on any atom is 0.344 e. The first-order valence-electron chi connectivity index (χ1n) is 9.80. The minimum Gasteiger partial charge on any atom is -0.508 e. The zero-order chi connectivity index (χ0) is 21.5. The quantitative estimate of drug-likeness (QED) is 0.420. The van der Waals surface area contributed by atoms with E-state index in [-0.39, 0.29) is 24.5 Å². The lowest BCUT2D eigenvalue weighted by molar-refractivity contribution is -0.147. The summed E-state index contributed by atoms with van der Waals surface area (Å²) >= 11 is 0. The second-order valence-electron chi connectivity index (χ2n) is 6.67. The van der Waals surface area contributed by atoms with E-state index in [0.29, 0.717) is 41.0 Å². The molecular weight excluding hydrogens is 388 g/mol. The Bertz CT molecular complexity index is 1080. The highest BCUT2D eigenvalue weighted by Gasteiger charge is 2.13. The number of aryl methyl sites for hydroxylation is 1. The Labute approximate surface area is 173 Å². The molecule has 30 heavy (non-hydrogen) atoms. The van der Waals surface area contributed by atoms with Gasteiger partial charge >= 0.3 is 11.6 Å². The highest BCUT2D eigenvalue weighted by Crippen LogP contribution is 2.28. The highest BCUT2D eigenvalue weighted by atomic mass is 16.6. The van der Waals surface area contributed by atoms with Gasteiger partial charge in [0, 0.05) is 23.1 Å². The van der Waals surface area contributed by atoms with Gasteiger partial charge in [-0.1, -0.05) is 26.0 Å². The number of esters is 1. The summed E-state index contributed by atoms with van der Waals surface area (Å²) in [5.41, 5.74) is 0.851. The Hall–Kier alpha value is -3.48. The van der Waals surface area contributed by atoms with Gasteiger partial charge in [0.2, 0.25) is 0 Å². The number of phenols is 1. The second-order valence-corrected chi connectivity index (χ2v) is 6.67. The fraction of sp³-hybridized carbons (Fsp3) is 0.304. The van der Waals surface area contributed by atoms with Crippen molar-refractivity contribution in [3.05, 3.63) is 64.0 Å². The molecule has 7 nitrogen and oxygen atoms in total. The maximum absolute atomic E-state index is 12.2. The number of hydrogen-bond donors (Lipinski definition) is 1. The van der Waals surface area contributed by atoms with Crippen molar-refractivity contribution in [3.8, 4) is 17.2 Å². The van der Waals surface area contributed by atoms with Crippen LogP contribution in [0.3, 0.4) is 0 Å². The molecular formula is C23H24O7. The maximum atomic E-state index is 12.2. The van der Waals surface area contributed by atoms with Crippen LogP contribution in [0.2, 0.25) is 0 Å². The summed E-state index contributed by atoms with van der Waals surface area (Å²) in [6, 6.07) is 11.5. The van der Waals surface area contributed by atoms with Crippen molar-refractivity contribution < 1.29 is 28.5 Å². The number of fused-ring (bicyclic) bond motifs is 1. The smallest absolute Gasteiger partial charge is 0.344 e. The molecule has 1 aromatic heterocycles. The average Bonchev–Trinajstić information content (AvgIpc) is 2.74. The van der Waals surface area contributed by atoms with Gasteiger partial charge in [-0.3, -0.25) is 0 Å². The van der Waals surface area contributed by atoms with Crippen molar-refractivity contribution in [3.63, 3.8) is 0 Å². The standard InChI is InChI=1S/C23H24O7/c1-3-9-27-19-7-5-6-8-20(19)28-14-23(26)29-13-16-11-22(25)30-21-12-18(24)15(4-2)10-17(16)21/h5-8,10-12,24H,3-4,9,13-14H2,1-2H3. The molecule has 1 N–H and O–H groups in total. The number of aromatic hydroxyl groups is 1. The summed E-state index contributed by atoms with van der Waals surface area (Å²) in [6.45, 7) is 4.03. The van der Waals surface area contributed by atoms with Gasteiger partial charge in [0.05, 0.1) is 6.61 Å². The summed E-state index contributed by atoms with van der Waals surface area (Å²) < 4.78 is 21.6. The van der Waals surface area contributed by atoms with Crippen molar-refractivity contribution in [1.82, 2.24) is 0 Å². The summed E-state index contributed by atoms with van der Waals surface area (Å²) in [7, 11) is 0. The molecule has 0 radical (unpaired) electrons. The van der Waals surface area contributed by atoms with Gasteiger partial charge < -0.3 is 23.7 Å². The van der Waals surface area contributed by atoms with Gasteiger partial charge in [-0.2, -0.15) is 0 Å². The van der Waals surface area contributed by atoms with E-state index >= 15 is 0 Å².